The standard InChI is InChI=1S/C16H20ClNO3/c1-16(5-2-3-6-16)15(19)18-12-10-14-13(9-11(12)17)20-7-4-8-21-14/h9-10H,2-8H2,1H3,(H,18,19). The van der Waals surface area contributed by atoms with Crippen LogP contribution in [0.3, 0.4) is 0 Å². The van der Waals surface area contributed by atoms with Gasteiger partial charge in [-0.2, -0.15) is 0 Å². The van der Waals surface area contributed by atoms with Crippen molar-refractivity contribution in [2.24, 2.45) is 5.41 Å². The van der Waals surface area contributed by atoms with Gasteiger partial charge in [-0.05, 0) is 12.8 Å². The number of fused-ring (bicyclic) bond motifs is 1. The molecule has 1 fully saturated rings. The van der Waals surface area contributed by atoms with Crippen LogP contribution < -0.4 is 14.8 Å². The second kappa shape index (κ2) is 5.76. The van der Waals surface area contributed by atoms with E-state index in [1.807, 2.05) is 6.92 Å². The van der Waals surface area contributed by atoms with Crippen LogP contribution in [0.2, 0.25) is 5.02 Å². The highest BCUT2D eigenvalue weighted by Crippen LogP contribution is 2.41. The molecule has 0 unspecified atom stereocenters. The Kier molecular flexibility index (Phi) is 3.98. The molecule has 0 radical (unpaired) electrons. The first kappa shape index (κ1) is 14.5. The van der Waals surface area contributed by atoms with Crippen molar-refractivity contribution >= 4 is 23.2 Å². The van der Waals surface area contributed by atoms with E-state index in [4.69, 9.17) is 21.1 Å². The minimum Gasteiger partial charge on any atom is -0.490 e. The summed E-state index contributed by atoms with van der Waals surface area (Å²) in [6.07, 6.45) is 4.92. The summed E-state index contributed by atoms with van der Waals surface area (Å²) in [4.78, 5) is 12.5. The van der Waals surface area contributed by atoms with Crippen LogP contribution in [-0.2, 0) is 4.79 Å². The van der Waals surface area contributed by atoms with Crippen molar-refractivity contribution in [2.75, 3.05) is 18.5 Å². The molecule has 114 valence electrons. The maximum absolute atomic E-state index is 12.5. The molecule has 1 N–H and O–H groups in total. The Bertz CT molecular complexity index is 553. The minimum atomic E-state index is -0.284. The Morgan fingerprint density at radius 1 is 1.14 bits per heavy atom. The zero-order valence-electron chi connectivity index (χ0n) is 12.2. The first-order valence-corrected chi connectivity index (χ1v) is 7.87. The minimum absolute atomic E-state index is 0.0383. The smallest absolute Gasteiger partial charge is 0.230 e. The van der Waals surface area contributed by atoms with Crippen LogP contribution >= 0.6 is 11.6 Å². The number of hydrogen-bond donors (Lipinski definition) is 1. The third-order valence-electron chi connectivity index (χ3n) is 4.34. The van der Waals surface area contributed by atoms with Crippen LogP contribution in [0, 0.1) is 5.41 Å². The van der Waals surface area contributed by atoms with Crippen LogP contribution in [-0.4, -0.2) is 19.1 Å². The predicted molar refractivity (Wildman–Crippen MR) is 82.3 cm³/mol. The summed E-state index contributed by atoms with van der Waals surface area (Å²) in [6, 6.07) is 3.48. The van der Waals surface area contributed by atoms with Crippen LogP contribution in [0.1, 0.15) is 39.0 Å². The molecule has 1 aliphatic carbocycles. The van der Waals surface area contributed by atoms with Crippen LogP contribution in [0.25, 0.3) is 0 Å². The van der Waals surface area contributed by atoms with E-state index in [2.05, 4.69) is 5.32 Å². The van der Waals surface area contributed by atoms with Crippen molar-refractivity contribution in [3.05, 3.63) is 17.2 Å². The van der Waals surface area contributed by atoms with Crippen molar-refractivity contribution in [3.63, 3.8) is 0 Å². The van der Waals surface area contributed by atoms with Gasteiger partial charge in [-0.1, -0.05) is 31.4 Å². The number of carbonyl (C=O) groups is 1. The van der Waals surface area contributed by atoms with E-state index in [1.54, 1.807) is 12.1 Å². The predicted octanol–water partition coefficient (Wildman–Crippen LogP) is 4.02. The van der Waals surface area contributed by atoms with E-state index in [-0.39, 0.29) is 11.3 Å². The topological polar surface area (TPSA) is 47.6 Å². The third kappa shape index (κ3) is 2.95. The SMILES string of the molecule is CC1(C(=O)Nc2cc3c(cc2Cl)OCCCO3)CCCC1. The lowest BCUT2D eigenvalue weighted by Crippen LogP contribution is -2.30. The van der Waals surface area contributed by atoms with Crippen molar-refractivity contribution in [3.8, 4) is 11.5 Å². The maximum atomic E-state index is 12.5. The number of benzene rings is 1. The summed E-state index contributed by atoms with van der Waals surface area (Å²) in [6.45, 7) is 3.25. The van der Waals surface area contributed by atoms with Gasteiger partial charge < -0.3 is 14.8 Å². The number of carbonyl (C=O) groups excluding carboxylic acids is 1. The molecule has 4 nitrogen and oxygen atoms in total. The molecule has 0 saturated heterocycles. The molecule has 1 saturated carbocycles. The van der Waals surface area contributed by atoms with Gasteiger partial charge in [-0.3, -0.25) is 4.79 Å². The highest BCUT2D eigenvalue weighted by molar-refractivity contribution is 6.34. The number of ether oxygens (including phenoxy) is 2. The molecule has 1 amide bonds. The molecule has 5 heteroatoms. The molecule has 1 aliphatic heterocycles. The van der Waals surface area contributed by atoms with E-state index in [9.17, 15) is 4.79 Å². The highest BCUT2D eigenvalue weighted by Gasteiger charge is 2.36. The number of hydrogen-bond acceptors (Lipinski definition) is 3. The van der Waals surface area contributed by atoms with Gasteiger partial charge in [0, 0.05) is 24.0 Å². The highest BCUT2D eigenvalue weighted by atomic mass is 35.5. The largest absolute Gasteiger partial charge is 0.490 e. The van der Waals surface area contributed by atoms with E-state index in [0.717, 1.165) is 32.1 Å². The molecule has 3 rings (SSSR count). The normalized spacial score (nSPS) is 19.9. The zero-order valence-corrected chi connectivity index (χ0v) is 13.0. The lowest BCUT2D eigenvalue weighted by atomic mass is 9.88. The Balaban J connectivity index is 1.82. The maximum Gasteiger partial charge on any atom is 0.230 e. The molecule has 0 spiro atoms. The third-order valence-corrected chi connectivity index (χ3v) is 4.65. The van der Waals surface area contributed by atoms with Gasteiger partial charge in [-0.25, -0.2) is 0 Å². The Morgan fingerprint density at radius 3 is 2.43 bits per heavy atom. The van der Waals surface area contributed by atoms with E-state index < -0.39 is 0 Å². The molecule has 2 aliphatic rings. The van der Waals surface area contributed by atoms with Crippen LogP contribution in [0.5, 0.6) is 11.5 Å². The summed E-state index contributed by atoms with van der Waals surface area (Å²) in [5.74, 6) is 1.32. The number of rotatable bonds is 2. The van der Waals surface area contributed by atoms with E-state index in [1.165, 1.54) is 0 Å². The summed E-state index contributed by atoms with van der Waals surface area (Å²) in [7, 11) is 0. The monoisotopic (exact) mass is 309 g/mol. The van der Waals surface area contributed by atoms with Gasteiger partial charge in [0.1, 0.15) is 0 Å². The quantitative estimate of drug-likeness (QED) is 0.897. The molecule has 0 atom stereocenters. The molecule has 1 aromatic carbocycles. The first-order valence-electron chi connectivity index (χ1n) is 7.49. The average molecular weight is 310 g/mol. The summed E-state index contributed by atoms with van der Waals surface area (Å²) < 4.78 is 11.2. The summed E-state index contributed by atoms with van der Waals surface area (Å²) >= 11 is 6.26. The van der Waals surface area contributed by atoms with Crippen molar-refractivity contribution in [2.45, 2.75) is 39.0 Å². The Morgan fingerprint density at radius 2 is 1.76 bits per heavy atom. The summed E-state index contributed by atoms with van der Waals surface area (Å²) in [5.41, 5.74) is 0.312. The van der Waals surface area contributed by atoms with Gasteiger partial charge in [0.25, 0.3) is 0 Å². The number of anilines is 1. The number of nitrogens with one attached hydrogen (secondary N) is 1. The van der Waals surface area contributed by atoms with Gasteiger partial charge in [0.05, 0.1) is 23.9 Å². The average Bonchev–Trinajstić information content (AvgIpc) is 2.78. The van der Waals surface area contributed by atoms with Crippen molar-refractivity contribution in [1.82, 2.24) is 0 Å². The fourth-order valence-electron chi connectivity index (χ4n) is 2.94. The number of amides is 1. The van der Waals surface area contributed by atoms with Crippen molar-refractivity contribution < 1.29 is 14.3 Å². The fraction of sp³-hybridized carbons (Fsp3) is 0.562. The van der Waals surface area contributed by atoms with Crippen LogP contribution in [0.4, 0.5) is 5.69 Å². The van der Waals surface area contributed by atoms with Gasteiger partial charge in [0.2, 0.25) is 5.91 Å². The molecule has 1 aromatic rings. The van der Waals surface area contributed by atoms with Crippen LogP contribution in [0.15, 0.2) is 12.1 Å². The Labute approximate surface area is 129 Å². The first-order chi connectivity index (χ1) is 10.1. The number of halogens is 1. The molecule has 1 heterocycles. The molecule has 0 bridgehead atoms. The molecule has 0 aromatic heterocycles. The molecular weight excluding hydrogens is 290 g/mol. The van der Waals surface area contributed by atoms with Gasteiger partial charge in [-0.15, -0.1) is 0 Å². The zero-order chi connectivity index (χ0) is 14.9. The second-order valence-corrected chi connectivity index (χ2v) is 6.46. The summed E-state index contributed by atoms with van der Waals surface area (Å²) in [5, 5.41) is 3.44. The van der Waals surface area contributed by atoms with E-state index >= 15 is 0 Å². The lowest BCUT2D eigenvalue weighted by molar-refractivity contribution is -0.124. The van der Waals surface area contributed by atoms with E-state index in [0.29, 0.717) is 35.4 Å². The second-order valence-electron chi connectivity index (χ2n) is 6.05. The fourth-order valence-corrected chi connectivity index (χ4v) is 3.14. The van der Waals surface area contributed by atoms with Crippen molar-refractivity contribution in [1.29, 1.82) is 0 Å². The molecule has 21 heavy (non-hydrogen) atoms. The lowest BCUT2D eigenvalue weighted by Gasteiger charge is -2.23. The molecular formula is C16H20ClNO3. The van der Waals surface area contributed by atoms with Gasteiger partial charge >= 0.3 is 0 Å². The van der Waals surface area contributed by atoms with Gasteiger partial charge in [0.15, 0.2) is 11.5 Å². The Hall–Kier alpha value is -1.42.